The third-order valence-corrected chi connectivity index (χ3v) is 18.1. The minimum absolute atomic E-state index is 0.0234. The lowest BCUT2D eigenvalue weighted by atomic mass is 9.75. The number of benzene rings is 5. The van der Waals surface area contributed by atoms with Gasteiger partial charge in [0.15, 0.2) is 0 Å². The molecule has 0 aliphatic heterocycles. The summed E-state index contributed by atoms with van der Waals surface area (Å²) in [4.78, 5) is 14.2. The monoisotopic (exact) mass is 1130 g/mol. The van der Waals surface area contributed by atoms with Crippen molar-refractivity contribution in [1.29, 1.82) is 0 Å². The Bertz CT molecular complexity index is 3440. The first-order valence-corrected chi connectivity index (χ1v) is 33.6. The highest BCUT2D eigenvalue weighted by molar-refractivity contribution is 6.90. The summed E-state index contributed by atoms with van der Waals surface area (Å²) >= 11 is 0. The van der Waals surface area contributed by atoms with Gasteiger partial charge in [0.05, 0.1) is 24.6 Å². The molecule has 8 rings (SSSR count). The summed E-state index contributed by atoms with van der Waals surface area (Å²) in [6.07, 6.45) is 0. The van der Waals surface area contributed by atoms with Gasteiger partial charge in [-0.1, -0.05) is 219 Å². The number of hydrogen-bond acceptors (Lipinski definition) is 3. The Morgan fingerprint density at radius 2 is 0.634 bits per heavy atom. The lowest BCUT2D eigenvalue weighted by Crippen LogP contribution is -2.43. The van der Waals surface area contributed by atoms with Crippen molar-refractivity contribution >= 4 is 56.7 Å². The number of aryl methyl sites for hydroxylation is 8. The van der Waals surface area contributed by atoms with Crippen LogP contribution in [0.1, 0.15) is 229 Å². The number of rotatable bonds is 1. The van der Waals surface area contributed by atoms with E-state index in [4.69, 9.17) is 4.98 Å². The largest absolute Gasteiger partial charge is 0.253 e. The van der Waals surface area contributed by atoms with E-state index in [9.17, 15) is 0 Å². The maximum absolute atomic E-state index is 15.4. The van der Waals surface area contributed by atoms with Gasteiger partial charge in [0.2, 0.25) is 0 Å². The fourth-order valence-corrected chi connectivity index (χ4v) is 14.0. The first-order chi connectivity index (χ1) is 36.9. The molecule has 3 aromatic heterocycles. The number of aromatic nitrogens is 3. The van der Waals surface area contributed by atoms with Gasteiger partial charge in [0.1, 0.15) is 11.6 Å². The first-order valence-electron chi connectivity index (χ1n) is 30.1. The Labute approximate surface area is 498 Å². The van der Waals surface area contributed by atoms with Gasteiger partial charge in [-0.3, -0.25) is 15.0 Å². The normalized spacial score (nSPS) is 13.0. The Balaban J connectivity index is 0.000000200. The summed E-state index contributed by atoms with van der Waals surface area (Å²) in [5, 5.41) is 7.17. The number of fused-ring (bicyclic) bond motifs is 4. The molecule has 6 heteroatoms. The van der Waals surface area contributed by atoms with Crippen LogP contribution in [0, 0.1) is 67.0 Å². The highest BCUT2D eigenvalue weighted by Gasteiger charge is 2.34. The Kier molecular flexibility index (Phi) is 19.1. The lowest BCUT2D eigenvalue weighted by Gasteiger charge is -2.29. The second-order valence-corrected chi connectivity index (χ2v) is 37.2. The van der Waals surface area contributed by atoms with E-state index in [0.29, 0.717) is 0 Å². The van der Waals surface area contributed by atoms with Crippen LogP contribution >= 0.6 is 0 Å². The summed E-state index contributed by atoms with van der Waals surface area (Å²) in [5.41, 5.74) is 20.0. The van der Waals surface area contributed by atoms with Crippen LogP contribution in [0.5, 0.6) is 0 Å². The molecule has 82 heavy (non-hydrogen) atoms. The van der Waals surface area contributed by atoms with Crippen LogP contribution in [0.3, 0.4) is 0 Å². The molecular weight excluding hydrogens is 1020 g/mol. The quantitative estimate of drug-likeness (QED) is 0.154. The molecule has 0 fully saturated rings. The molecule has 444 valence electrons. The molecule has 0 saturated heterocycles. The molecule has 0 unspecified atom stereocenters. The fraction of sp³-hybridized carbons (Fsp3) is 0.513. The fourth-order valence-electron chi connectivity index (χ4n) is 12.3. The molecule has 0 saturated carbocycles. The summed E-state index contributed by atoms with van der Waals surface area (Å²) in [7, 11) is -1.84. The van der Waals surface area contributed by atoms with Gasteiger partial charge in [0.25, 0.3) is 0 Å². The summed E-state index contributed by atoms with van der Waals surface area (Å²) in [6.45, 7) is 69.4. The van der Waals surface area contributed by atoms with Crippen LogP contribution in [0.15, 0.2) is 66.7 Å². The van der Waals surface area contributed by atoms with E-state index in [1.807, 2.05) is 39.8 Å². The van der Waals surface area contributed by atoms with Gasteiger partial charge in [0, 0.05) is 44.0 Å². The van der Waals surface area contributed by atoms with Crippen molar-refractivity contribution in [3.8, 4) is 0 Å². The van der Waals surface area contributed by atoms with E-state index in [0.717, 1.165) is 71.9 Å². The standard InChI is InChI=1S/C20H28.C19H26FN.C19H27N.C18H26FNSi/c1-13-9-10-15-14(2)17(19(3,4)5)12-18(16(15)11-13)20(6,7)8;1-11-9-10-13-12(2)14(18(3,4)5)16(20)15(17(13)21-11)19(6,7)8;1-12-9-10-14-13(2)15(18(3,4)5)11-16(17(14)20-12)19(6,7)8;1-11-9-10-13-12(2)14(18(3,4)5)15(19)17(16(13)20-11)21(6,7)8/h9-12H,1-8H3;9-10H,1-8H3;9-11H,1-8H3;9-10H,1-8H3. The number of nitrogens with zero attached hydrogens (tertiary/aromatic N) is 3. The topological polar surface area (TPSA) is 38.7 Å². The van der Waals surface area contributed by atoms with E-state index in [1.54, 1.807) is 0 Å². The highest BCUT2D eigenvalue weighted by atomic mass is 28.3. The van der Waals surface area contributed by atoms with Gasteiger partial charge >= 0.3 is 0 Å². The van der Waals surface area contributed by atoms with E-state index < -0.39 is 8.07 Å². The molecule has 0 aliphatic rings. The number of halogens is 2. The van der Waals surface area contributed by atoms with Crippen LogP contribution in [-0.4, -0.2) is 23.0 Å². The molecule has 0 radical (unpaired) electrons. The maximum Gasteiger partial charge on any atom is 0.133 e. The molecule has 3 heterocycles. The van der Waals surface area contributed by atoms with E-state index >= 15 is 8.78 Å². The third-order valence-electron chi connectivity index (χ3n) is 16.2. The third kappa shape index (κ3) is 14.6. The molecule has 0 aliphatic carbocycles. The predicted molar refractivity (Wildman–Crippen MR) is 361 cm³/mol. The van der Waals surface area contributed by atoms with E-state index in [-0.39, 0.29) is 49.5 Å². The zero-order valence-corrected chi connectivity index (χ0v) is 58.4. The average molecular weight is 1130 g/mol. The molecule has 3 nitrogen and oxygen atoms in total. The Morgan fingerprint density at radius 1 is 0.305 bits per heavy atom. The lowest BCUT2D eigenvalue weighted by molar-refractivity contribution is 0.483. The molecule has 8 aromatic rings. The zero-order chi connectivity index (χ0) is 62.9. The SMILES string of the molecule is Cc1ccc2c(C)c(C(C)(C)C)c(F)c(C(C)(C)C)c2n1.Cc1ccc2c(C)c(C(C)(C)C)c(F)c([Si](C)(C)C)c2n1.Cc1ccc2c(C)c(C(C)(C)C)cc(C(C)(C)C)c2c1.Cc1ccc2c(C)c(C(C)(C)C)cc(C(C)(C)C)c2n1. The smallest absolute Gasteiger partial charge is 0.133 e. The number of hydrogen-bond donors (Lipinski definition) is 0. The molecule has 0 spiro atoms. The Hall–Kier alpha value is -5.33. The van der Waals surface area contributed by atoms with E-state index in [1.165, 1.54) is 60.6 Å². The van der Waals surface area contributed by atoms with Gasteiger partial charge in [-0.25, -0.2) is 8.78 Å². The van der Waals surface area contributed by atoms with Gasteiger partial charge < -0.3 is 0 Å². The van der Waals surface area contributed by atoms with Crippen LogP contribution < -0.4 is 5.19 Å². The molecule has 0 N–H and O–H groups in total. The maximum atomic E-state index is 15.4. The van der Waals surface area contributed by atoms with Crippen LogP contribution in [0.25, 0.3) is 43.5 Å². The van der Waals surface area contributed by atoms with Crippen molar-refractivity contribution in [2.75, 3.05) is 0 Å². The van der Waals surface area contributed by atoms with E-state index in [2.05, 4.69) is 257 Å². The summed E-state index contributed by atoms with van der Waals surface area (Å²) < 4.78 is 30.7. The van der Waals surface area contributed by atoms with Crippen molar-refractivity contribution in [3.05, 3.63) is 162 Å². The van der Waals surface area contributed by atoms with Crippen LogP contribution in [0.2, 0.25) is 19.6 Å². The first kappa shape index (κ1) is 67.5. The zero-order valence-electron chi connectivity index (χ0n) is 57.4. The number of pyridine rings is 3. The molecule has 0 atom stereocenters. The van der Waals surface area contributed by atoms with Gasteiger partial charge in [-0.05, 0) is 178 Å². The van der Waals surface area contributed by atoms with Crippen molar-refractivity contribution in [2.45, 2.75) is 258 Å². The van der Waals surface area contributed by atoms with Crippen molar-refractivity contribution in [2.24, 2.45) is 0 Å². The van der Waals surface area contributed by atoms with Crippen molar-refractivity contribution in [1.82, 2.24) is 15.0 Å². The predicted octanol–water partition coefficient (Wildman–Crippen LogP) is 21.9. The minimum Gasteiger partial charge on any atom is -0.253 e. The van der Waals surface area contributed by atoms with Crippen molar-refractivity contribution in [3.63, 3.8) is 0 Å². The van der Waals surface area contributed by atoms with Gasteiger partial charge in [-0.15, -0.1) is 0 Å². The van der Waals surface area contributed by atoms with Crippen LogP contribution in [0.4, 0.5) is 8.78 Å². The second-order valence-electron chi connectivity index (χ2n) is 32.2. The molecule has 5 aromatic carbocycles. The molecule has 0 bridgehead atoms. The molecular formula is C76H107F2N3Si. The minimum atomic E-state index is -1.84. The highest BCUT2D eigenvalue weighted by Crippen LogP contribution is 2.43. The summed E-state index contributed by atoms with van der Waals surface area (Å²) in [5.74, 6) is -0.108. The molecule has 0 amide bonds. The van der Waals surface area contributed by atoms with Crippen LogP contribution in [-0.2, 0) is 37.9 Å². The average Bonchev–Trinajstić information content (AvgIpc) is 3.26. The Morgan fingerprint density at radius 3 is 1.02 bits per heavy atom. The van der Waals surface area contributed by atoms with Gasteiger partial charge in [-0.2, -0.15) is 0 Å². The second kappa shape index (κ2) is 23.3. The summed E-state index contributed by atoms with van der Waals surface area (Å²) in [6, 6.07) is 24.3. The van der Waals surface area contributed by atoms with Crippen molar-refractivity contribution < 1.29 is 8.78 Å².